The van der Waals surface area contributed by atoms with Gasteiger partial charge in [0, 0.05) is 4.47 Å². The first-order chi connectivity index (χ1) is 8.69. The standard InChI is InChI=1S/C16H12BrN/c1-12(15-6-8-16(17)9-7-15)10-13-2-4-14(11-18)5-3-13/h2-9H,1,10H2. The minimum Gasteiger partial charge on any atom is -0.192 e. The highest BCUT2D eigenvalue weighted by Crippen LogP contribution is 2.20. The smallest absolute Gasteiger partial charge is 0.0991 e. The van der Waals surface area contributed by atoms with Gasteiger partial charge in [0.2, 0.25) is 0 Å². The van der Waals surface area contributed by atoms with Crippen LogP contribution in [-0.4, -0.2) is 0 Å². The van der Waals surface area contributed by atoms with E-state index < -0.39 is 0 Å². The van der Waals surface area contributed by atoms with Gasteiger partial charge in [0.1, 0.15) is 0 Å². The van der Waals surface area contributed by atoms with Crippen LogP contribution in [0.3, 0.4) is 0 Å². The number of hydrogen-bond donors (Lipinski definition) is 0. The molecule has 88 valence electrons. The highest BCUT2D eigenvalue weighted by atomic mass is 79.9. The zero-order valence-electron chi connectivity index (χ0n) is 9.86. The maximum atomic E-state index is 8.74. The molecule has 0 aliphatic heterocycles. The summed E-state index contributed by atoms with van der Waals surface area (Å²) >= 11 is 3.42. The van der Waals surface area contributed by atoms with Crippen molar-refractivity contribution in [1.29, 1.82) is 5.26 Å². The van der Waals surface area contributed by atoms with Crippen LogP contribution in [-0.2, 0) is 6.42 Å². The summed E-state index contributed by atoms with van der Waals surface area (Å²) in [4.78, 5) is 0. The molecule has 0 aliphatic carbocycles. The lowest BCUT2D eigenvalue weighted by atomic mass is 9.99. The minimum absolute atomic E-state index is 0.688. The van der Waals surface area contributed by atoms with Crippen molar-refractivity contribution in [2.75, 3.05) is 0 Å². The molecule has 0 aliphatic rings. The molecule has 0 unspecified atom stereocenters. The van der Waals surface area contributed by atoms with Crippen molar-refractivity contribution in [3.63, 3.8) is 0 Å². The summed E-state index contributed by atoms with van der Waals surface area (Å²) in [6.45, 7) is 4.11. The normalized spacial score (nSPS) is 9.78. The van der Waals surface area contributed by atoms with Crippen LogP contribution >= 0.6 is 15.9 Å². The molecule has 0 fully saturated rings. The van der Waals surface area contributed by atoms with Gasteiger partial charge in [0.15, 0.2) is 0 Å². The Balaban J connectivity index is 2.11. The molecule has 2 aromatic rings. The van der Waals surface area contributed by atoms with Gasteiger partial charge in [0.25, 0.3) is 0 Å². The molecule has 0 amide bonds. The van der Waals surface area contributed by atoms with Crippen LogP contribution in [0.15, 0.2) is 59.6 Å². The Kier molecular flexibility index (Phi) is 3.96. The molecule has 1 nitrogen and oxygen atoms in total. The monoisotopic (exact) mass is 297 g/mol. The third-order valence-corrected chi connectivity index (χ3v) is 3.28. The van der Waals surface area contributed by atoms with Crippen LogP contribution in [0.5, 0.6) is 0 Å². The highest BCUT2D eigenvalue weighted by Gasteiger charge is 2.01. The van der Waals surface area contributed by atoms with Gasteiger partial charge in [-0.05, 0) is 47.4 Å². The van der Waals surface area contributed by atoms with Crippen LogP contribution in [0, 0.1) is 11.3 Å². The Bertz CT molecular complexity index is 588. The fraction of sp³-hybridized carbons (Fsp3) is 0.0625. The molecule has 0 N–H and O–H groups in total. The van der Waals surface area contributed by atoms with E-state index in [2.05, 4.69) is 40.7 Å². The zero-order chi connectivity index (χ0) is 13.0. The molecule has 0 radical (unpaired) electrons. The van der Waals surface area contributed by atoms with Gasteiger partial charge in [-0.2, -0.15) is 5.26 Å². The Morgan fingerprint density at radius 3 is 2.22 bits per heavy atom. The Labute approximate surface area is 116 Å². The second-order valence-corrected chi connectivity index (χ2v) is 5.01. The summed E-state index contributed by atoms with van der Waals surface area (Å²) in [5.41, 5.74) is 4.07. The maximum Gasteiger partial charge on any atom is 0.0991 e. The van der Waals surface area contributed by atoms with E-state index in [9.17, 15) is 0 Å². The molecule has 2 heteroatoms. The summed E-state index contributed by atoms with van der Waals surface area (Å²) < 4.78 is 1.07. The molecule has 2 rings (SSSR count). The van der Waals surface area contributed by atoms with Crippen LogP contribution < -0.4 is 0 Å². The van der Waals surface area contributed by atoms with E-state index in [-0.39, 0.29) is 0 Å². The molecule has 0 atom stereocenters. The third-order valence-electron chi connectivity index (χ3n) is 2.75. The molecule has 0 spiro atoms. The number of nitrogens with zero attached hydrogens (tertiary/aromatic N) is 1. The van der Waals surface area contributed by atoms with Crippen LogP contribution in [0.2, 0.25) is 0 Å². The predicted octanol–water partition coefficient (Wildman–Crippen LogP) is 4.58. The van der Waals surface area contributed by atoms with E-state index >= 15 is 0 Å². The van der Waals surface area contributed by atoms with Crippen molar-refractivity contribution in [3.8, 4) is 6.07 Å². The number of halogens is 1. The molecule has 0 heterocycles. The Morgan fingerprint density at radius 1 is 1.06 bits per heavy atom. The number of nitriles is 1. The zero-order valence-corrected chi connectivity index (χ0v) is 11.4. The fourth-order valence-electron chi connectivity index (χ4n) is 1.73. The van der Waals surface area contributed by atoms with Gasteiger partial charge in [-0.25, -0.2) is 0 Å². The quantitative estimate of drug-likeness (QED) is 0.814. The maximum absolute atomic E-state index is 8.74. The highest BCUT2D eigenvalue weighted by molar-refractivity contribution is 9.10. The lowest BCUT2D eigenvalue weighted by Crippen LogP contribution is -1.89. The summed E-state index contributed by atoms with van der Waals surface area (Å²) in [6.07, 6.45) is 0.799. The summed E-state index contributed by atoms with van der Waals surface area (Å²) in [7, 11) is 0. The van der Waals surface area contributed by atoms with E-state index in [1.165, 1.54) is 5.56 Å². The molecule has 0 saturated heterocycles. The summed E-state index contributed by atoms with van der Waals surface area (Å²) in [6, 6.07) is 17.9. The van der Waals surface area contributed by atoms with Crippen LogP contribution in [0.1, 0.15) is 16.7 Å². The number of hydrogen-bond acceptors (Lipinski definition) is 1. The van der Waals surface area contributed by atoms with E-state index in [4.69, 9.17) is 5.26 Å². The topological polar surface area (TPSA) is 23.8 Å². The second-order valence-electron chi connectivity index (χ2n) is 4.10. The number of allylic oxidation sites excluding steroid dienone is 1. The molecule has 0 saturated carbocycles. The summed E-state index contributed by atoms with van der Waals surface area (Å²) in [5.74, 6) is 0. The first-order valence-corrected chi connectivity index (χ1v) is 6.41. The Morgan fingerprint density at radius 2 is 1.67 bits per heavy atom. The average Bonchev–Trinajstić information content (AvgIpc) is 2.40. The van der Waals surface area contributed by atoms with Gasteiger partial charge >= 0.3 is 0 Å². The molecule has 0 aromatic heterocycles. The average molecular weight is 298 g/mol. The lowest BCUT2D eigenvalue weighted by molar-refractivity contribution is 1.28. The summed E-state index contributed by atoms with van der Waals surface area (Å²) in [5, 5.41) is 8.74. The van der Waals surface area contributed by atoms with Crippen molar-refractivity contribution in [1.82, 2.24) is 0 Å². The Hall–Kier alpha value is -1.85. The van der Waals surface area contributed by atoms with Gasteiger partial charge in [-0.1, -0.05) is 46.8 Å². The molecule has 18 heavy (non-hydrogen) atoms. The molecule has 0 bridgehead atoms. The molecule has 2 aromatic carbocycles. The largest absolute Gasteiger partial charge is 0.192 e. The van der Waals surface area contributed by atoms with Crippen molar-refractivity contribution in [2.24, 2.45) is 0 Å². The number of benzene rings is 2. The lowest BCUT2D eigenvalue weighted by Gasteiger charge is -2.06. The van der Waals surface area contributed by atoms with E-state index in [0.29, 0.717) is 5.56 Å². The fourth-order valence-corrected chi connectivity index (χ4v) is 2.00. The van der Waals surface area contributed by atoms with Crippen LogP contribution in [0.4, 0.5) is 0 Å². The van der Waals surface area contributed by atoms with Gasteiger partial charge in [-0.15, -0.1) is 0 Å². The van der Waals surface area contributed by atoms with Crippen molar-refractivity contribution >= 4 is 21.5 Å². The van der Waals surface area contributed by atoms with E-state index in [0.717, 1.165) is 22.0 Å². The van der Waals surface area contributed by atoms with Gasteiger partial charge in [0.05, 0.1) is 11.6 Å². The van der Waals surface area contributed by atoms with Crippen molar-refractivity contribution < 1.29 is 0 Å². The first kappa shape index (κ1) is 12.6. The second kappa shape index (κ2) is 5.66. The van der Waals surface area contributed by atoms with Crippen molar-refractivity contribution in [3.05, 3.63) is 76.3 Å². The third kappa shape index (κ3) is 3.09. The SMILES string of the molecule is C=C(Cc1ccc(C#N)cc1)c1ccc(Br)cc1. The molecular weight excluding hydrogens is 286 g/mol. The first-order valence-electron chi connectivity index (χ1n) is 5.62. The van der Waals surface area contributed by atoms with Gasteiger partial charge in [-0.3, -0.25) is 0 Å². The van der Waals surface area contributed by atoms with Crippen LogP contribution in [0.25, 0.3) is 5.57 Å². The van der Waals surface area contributed by atoms with E-state index in [1.807, 2.05) is 36.4 Å². The number of rotatable bonds is 3. The van der Waals surface area contributed by atoms with Gasteiger partial charge < -0.3 is 0 Å². The van der Waals surface area contributed by atoms with E-state index in [1.54, 1.807) is 0 Å². The molecular formula is C16H12BrN. The minimum atomic E-state index is 0.688. The predicted molar refractivity (Wildman–Crippen MR) is 78.0 cm³/mol. The van der Waals surface area contributed by atoms with Crippen molar-refractivity contribution in [2.45, 2.75) is 6.42 Å².